The van der Waals surface area contributed by atoms with Crippen LogP contribution < -0.4 is 0 Å². The van der Waals surface area contributed by atoms with Gasteiger partial charge in [-0.15, -0.1) is 0 Å². The van der Waals surface area contributed by atoms with Gasteiger partial charge in [0.25, 0.3) is 0 Å². The van der Waals surface area contributed by atoms with Gasteiger partial charge in [-0.25, -0.2) is 8.42 Å². The maximum Gasteiger partial charge on any atom is 0.179 e. The number of benzene rings is 1. The van der Waals surface area contributed by atoms with E-state index in [1.165, 1.54) is 0 Å². The van der Waals surface area contributed by atoms with E-state index in [4.69, 9.17) is 4.52 Å². The summed E-state index contributed by atoms with van der Waals surface area (Å²) in [5.74, 6) is 1.06. The highest BCUT2D eigenvalue weighted by molar-refractivity contribution is 7.91. The molecule has 0 spiro atoms. The van der Waals surface area contributed by atoms with Crippen molar-refractivity contribution in [2.45, 2.75) is 39.0 Å². The molecule has 0 radical (unpaired) electrons. The molecule has 1 atom stereocenters. The van der Waals surface area contributed by atoms with Gasteiger partial charge in [-0.3, -0.25) is 4.98 Å². The lowest BCUT2D eigenvalue weighted by Gasteiger charge is -2.12. The second-order valence-electron chi connectivity index (χ2n) is 7.91. The molecule has 1 aliphatic rings. The third-order valence-electron chi connectivity index (χ3n) is 5.48. The zero-order chi connectivity index (χ0) is 18.7. The molecular formula is C20H22N2O3S. The fourth-order valence-electron chi connectivity index (χ4n) is 3.66. The molecule has 3 aromatic rings. The molecule has 1 fully saturated rings. The first kappa shape index (κ1) is 17.2. The van der Waals surface area contributed by atoms with Crippen LogP contribution in [-0.2, 0) is 9.84 Å². The van der Waals surface area contributed by atoms with Crippen LogP contribution in [0, 0.1) is 25.2 Å². The predicted molar refractivity (Wildman–Crippen MR) is 101 cm³/mol. The maximum atomic E-state index is 13.2. The van der Waals surface area contributed by atoms with Crippen molar-refractivity contribution in [1.29, 1.82) is 0 Å². The second kappa shape index (κ2) is 5.64. The van der Waals surface area contributed by atoms with Crippen molar-refractivity contribution < 1.29 is 12.9 Å². The van der Waals surface area contributed by atoms with Crippen LogP contribution in [0.1, 0.15) is 31.7 Å². The molecule has 26 heavy (non-hydrogen) atoms. The number of fused-ring (bicyclic) bond motifs is 1. The van der Waals surface area contributed by atoms with Crippen LogP contribution >= 0.6 is 0 Å². The topological polar surface area (TPSA) is 73.1 Å². The van der Waals surface area contributed by atoms with Crippen molar-refractivity contribution in [2.24, 2.45) is 11.3 Å². The number of pyridine rings is 1. The van der Waals surface area contributed by atoms with Crippen molar-refractivity contribution in [3.05, 3.63) is 41.9 Å². The first-order valence-corrected chi connectivity index (χ1v) is 10.4. The Morgan fingerprint density at radius 1 is 1.27 bits per heavy atom. The Morgan fingerprint density at radius 3 is 2.62 bits per heavy atom. The van der Waals surface area contributed by atoms with Crippen LogP contribution in [-0.4, -0.2) is 24.3 Å². The lowest BCUT2D eigenvalue weighted by atomic mass is 10.0. The molecule has 6 heteroatoms. The molecule has 1 aromatic carbocycles. The van der Waals surface area contributed by atoms with Gasteiger partial charge in [0.2, 0.25) is 0 Å². The summed E-state index contributed by atoms with van der Waals surface area (Å²) in [7, 11) is -3.42. The van der Waals surface area contributed by atoms with E-state index in [2.05, 4.69) is 24.0 Å². The van der Waals surface area contributed by atoms with E-state index in [9.17, 15) is 8.42 Å². The van der Waals surface area contributed by atoms with E-state index in [-0.39, 0.29) is 17.1 Å². The van der Waals surface area contributed by atoms with Crippen molar-refractivity contribution in [3.63, 3.8) is 0 Å². The molecule has 2 aromatic heterocycles. The molecule has 0 saturated heterocycles. The van der Waals surface area contributed by atoms with Gasteiger partial charge >= 0.3 is 0 Å². The maximum absolute atomic E-state index is 13.2. The first-order chi connectivity index (χ1) is 12.2. The summed E-state index contributed by atoms with van der Waals surface area (Å²) in [6, 6.07) is 7.26. The van der Waals surface area contributed by atoms with Crippen LogP contribution in [0.15, 0.2) is 39.9 Å². The van der Waals surface area contributed by atoms with Gasteiger partial charge in [0.1, 0.15) is 5.76 Å². The molecule has 1 saturated carbocycles. The van der Waals surface area contributed by atoms with Crippen LogP contribution in [0.2, 0.25) is 0 Å². The molecule has 0 aliphatic heterocycles. The van der Waals surface area contributed by atoms with E-state index in [1.807, 2.05) is 26.0 Å². The normalized spacial score (nSPS) is 19.0. The zero-order valence-corrected chi connectivity index (χ0v) is 16.2. The molecule has 4 rings (SSSR count). The van der Waals surface area contributed by atoms with Gasteiger partial charge in [0.15, 0.2) is 9.84 Å². The van der Waals surface area contributed by atoms with Crippen molar-refractivity contribution in [1.82, 2.24) is 10.1 Å². The summed E-state index contributed by atoms with van der Waals surface area (Å²) in [5.41, 5.74) is 3.13. The Labute approximate surface area is 153 Å². The van der Waals surface area contributed by atoms with Gasteiger partial charge in [-0.1, -0.05) is 19.0 Å². The summed E-state index contributed by atoms with van der Waals surface area (Å²) >= 11 is 0. The number of sulfone groups is 1. The molecule has 0 bridgehead atoms. The van der Waals surface area contributed by atoms with Gasteiger partial charge in [-0.2, -0.15) is 0 Å². The Kier molecular flexibility index (Phi) is 3.74. The van der Waals surface area contributed by atoms with Gasteiger partial charge in [-0.05, 0) is 61.4 Å². The number of nitrogens with zero attached hydrogens (tertiary/aromatic N) is 2. The van der Waals surface area contributed by atoms with Gasteiger partial charge in [0, 0.05) is 17.1 Å². The summed E-state index contributed by atoms with van der Waals surface area (Å²) in [6.07, 6.45) is 2.63. The van der Waals surface area contributed by atoms with E-state index >= 15 is 0 Å². The smallest absolute Gasteiger partial charge is 0.179 e. The third-order valence-corrected chi connectivity index (χ3v) is 7.33. The van der Waals surface area contributed by atoms with Crippen LogP contribution in [0.3, 0.4) is 0 Å². The highest BCUT2D eigenvalue weighted by Gasteiger charge is 2.48. The van der Waals surface area contributed by atoms with Gasteiger partial charge < -0.3 is 4.52 Å². The Morgan fingerprint density at radius 2 is 2.00 bits per heavy atom. The Bertz CT molecular complexity index is 1090. The van der Waals surface area contributed by atoms with Crippen LogP contribution in [0.5, 0.6) is 0 Å². The summed E-state index contributed by atoms with van der Waals surface area (Å²) in [4.78, 5) is 4.74. The first-order valence-electron chi connectivity index (χ1n) is 8.74. The van der Waals surface area contributed by atoms with E-state index in [0.29, 0.717) is 21.6 Å². The zero-order valence-electron chi connectivity index (χ0n) is 15.4. The minimum Gasteiger partial charge on any atom is -0.361 e. The molecule has 5 nitrogen and oxygen atoms in total. The number of aryl methyl sites for hydroxylation is 2. The van der Waals surface area contributed by atoms with Crippen LogP contribution in [0.4, 0.5) is 0 Å². The van der Waals surface area contributed by atoms with Crippen LogP contribution in [0.25, 0.3) is 22.0 Å². The van der Waals surface area contributed by atoms with Crippen molar-refractivity contribution in [3.8, 4) is 11.1 Å². The quantitative estimate of drug-likeness (QED) is 0.683. The monoisotopic (exact) mass is 370 g/mol. The average Bonchev–Trinajstić information content (AvgIpc) is 3.01. The highest BCUT2D eigenvalue weighted by atomic mass is 32.2. The number of rotatable bonds is 4. The molecule has 136 valence electrons. The van der Waals surface area contributed by atoms with E-state index in [1.54, 1.807) is 18.3 Å². The largest absolute Gasteiger partial charge is 0.361 e. The minimum absolute atomic E-state index is 0.111. The number of aromatic nitrogens is 2. The Hall–Kier alpha value is -2.21. The second-order valence-corrected chi connectivity index (χ2v) is 9.92. The molecule has 1 aliphatic carbocycles. The summed E-state index contributed by atoms with van der Waals surface area (Å²) in [6.45, 7) is 7.93. The standard InChI is InChI=1S/C20H22N2O3S/c1-12-19(13(2)25-22-12)14-8-17-16(6-5-7-21-17)18(9-14)26(23,24)11-15-10-20(15,3)4/h5-9,15H,10-11H2,1-4H3. The SMILES string of the molecule is Cc1noc(C)c1-c1cc(S(=O)(=O)CC2CC2(C)C)c2cccnc2c1. The summed E-state index contributed by atoms with van der Waals surface area (Å²) in [5, 5.41) is 4.67. The molecule has 1 unspecified atom stereocenters. The molecular weight excluding hydrogens is 348 g/mol. The fraction of sp³-hybridized carbons (Fsp3) is 0.400. The predicted octanol–water partition coefficient (Wildman–Crippen LogP) is 4.33. The number of hydrogen-bond donors (Lipinski definition) is 0. The van der Waals surface area contributed by atoms with Crippen molar-refractivity contribution in [2.75, 3.05) is 5.75 Å². The molecule has 0 amide bonds. The third kappa shape index (κ3) is 2.82. The molecule has 2 heterocycles. The lowest BCUT2D eigenvalue weighted by molar-refractivity contribution is 0.393. The minimum atomic E-state index is -3.42. The van der Waals surface area contributed by atoms with Gasteiger partial charge in [0.05, 0.1) is 21.9 Å². The Balaban J connectivity index is 1.91. The lowest BCUT2D eigenvalue weighted by Crippen LogP contribution is -2.12. The molecule has 0 N–H and O–H groups in total. The van der Waals surface area contributed by atoms with E-state index in [0.717, 1.165) is 23.2 Å². The highest BCUT2D eigenvalue weighted by Crippen LogP contribution is 2.52. The fourth-order valence-corrected chi connectivity index (χ4v) is 5.75. The van der Waals surface area contributed by atoms with Crippen molar-refractivity contribution >= 4 is 20.7 Å². The van der Waals surface area contributed by atoms with E-state index < -0.39 is 9.84 Å². The number of hydrogen-bond acceptors (Lipinski definition) is 5. The summed E-state index contributed by atoms with van der Waals surface area (Å²) < 4.78 is 31.7. The average molecular weight is 370 g/mol.